The van der Waals surface area contributed by atoms with Crippen LogP contribution in [-0.4, -0.2) is 57.6 Å². The van der Waals surface area contributed by atoms with Gasteiger partial charge in [-0.05, 0) is 51.5 Å². The molecule has 1 aromatic carbocycles. The molecule has 2 amide bonds. The Morgan fingerprint density at radius 3 is 2.45 bits per heavy atom. The molecule has 1 aromatic heterocycles. The van der Waals surface area contributed by atoms with E-state index in [-0.39, 0.29) is 18.5 Å². The number of piperidine rings is 2. The van der Waals surface area contributed by atoms with Crippen molar-refractivity contribution in [1.29, 1.82) is 0 Å². The molecule has 2 aromatic rings. The summed E-state index contributed by atoms with van der Waals surface area (Å²) in [5.74, 6) is -0.831. The molecule has 6 nitrogen and oxygen atoms in total. The smallest absolute Gasteiger partial charge is 0.295 e. The average molecular weight is 396 g/mol. The molecule has 154 valence electrons. The van der Waals surface area contributed by atoms with Gasteiger partial charge in [-0.3, -0.25) is 14.4 Å². The number of nitrogens with zero attached hydrogens (tertiary/aromatic N) is 3. The molecule has 4 rings (SSSR count). The van der Waals surface area contributed by atoms with Crippen molar-refractivity contribution in [3.8, 4) is 0 Å². The Morgan fingerprint density at radius 2 is 1.69 bits per heavy atom. The van der Waals surface area contributed by atoms with Gasteiger partial charge in [-0.2, -0.15) is 0 Å². The minimum Gasteiger partial charge on any atom is -0.341 e. The van der Waals surface area contributed by atoms with Gasteiger partial charge in [0.15, 0.2) is 0 Å². The molecule has 0 bridgehead atoms. The van der Waals surface area contributed by atoms with Crippen molar-refractivity contribution >= 4 is 28.5 Å². The zero-order valence-corrected chi connectivity index (χ0v) is 17.1. The molecule has 0 spiro atoms. The van der Waals surface area contributed by atoms with E-state index >= 15 is 0 Å². The Labute approximate surface area is 171 Å². The zero-order chi connectivity index (χ0) is 20.4. The quantitative estimate of drug-likeness (QED) is 0.590. The Kier molecular flexibility index (Phi) is 5.69. The van der Waals surface area contributed by atoms with Gasteiger partial charge in [0, 0.05) is 42.8 Å². The molecule has 0 aliphatic carbocycles. The highest BCUT2D eigenvalue weighted by molar-refractivity contribution is 6.45. The van der Waals surface area contributed by atoms with E-state index in [2.05, 4.69) is 0 Å². The number of aromatic nitrogens is 1. The summed E-state index contributed by atoms with van der Waals surface area (Å²) < 4.78 is 1.83. The van der Waals surface area contributed by atoms with E-state index in [1.165, 1.54) is 6.42 Å². The molecule has 0 saturated carbocycles. The molecule has 0 radical (unpaired) electrons. The van der Waals surface area contributed by atoms with E-state index in [0.717, 1.165) is 56.1 Å². The van der Waals surface area contributed by atoms with Crippen LogP contribution < -0.4 is 0 Å². The number of fused-ring (bicyclic) bond motifs is 1. The third-order valence-electron chi connectivity index (χ3n) is 6.31. The third kappa shape index (κ3) is 3.93. The summed E-state index contributed by atoms with van der Waals surface area (Å²) in [6, 6.07) is 7.62. The maximum absolute atomic E-state index is 13.1. The number of rotatable bonds is 4. The first-order valence-electron chi connectivity index (χ1n) is 10.8. The maximum atomic E-state index is 13.1. The van der Waals surface area contributed by atoms with E-state index in [9.17, 15) is 14.4 Å². The molecule has 29 heavy (non-hydrogen) atoms. The number of hydrogen-bond donors (Lipinski definition) is 0. The number of para-hydroxylation sites is 1. The predicted molar refractivity (Wildman–Crippen MR) is 112 cm³/mol. The standard InChI is InChI=1S/C23H29N3O3/c1-17-9-5-8-14-26(17)23(29)22(28)19-15-25(20-11-4-3-10-18(19)20)16-21(27)24-12-6-2-7-13-24/h3-4,10-11,15,17H,2,5-9,12-14,16H2,1H3. The van der Waals surface area contributed by atoms with Crippen molar-refractivity contribution in [1.82, 2.24) is 14.4 Å². The molecular formula is C23H29N3O3. The summed E-state index contributed by atoms with van der Waals surface area (Å²) in [5.41, 5.74) is 1.22. The number of carbonyl (C=O) groups excluding carboxylic acids is 3. The summed E-state index contributed by atoms with van der Waals surface area (Å²) >= 11 is 0. The van der Waals surface area contributed by atoms with Crippen LogP contribution in [0.15, 0.2) is 30.5 Å². The molecule has 1 unspecified atom stereocenters. The molecule has 2 aliphatic heterocycles. The minimum absolute atomic E-state index is 0.0698. The van der Waals surface area contributed by atoms with E-state index in [4.69, 9.17) is 0 Å². The fraction of sp³-hybridized carbons (Fsp3) is 0.522. The maximum Gasteiger partial charge on any atom is 0.295 e. The third-order valence-corrected chi connectivity index (χ3v) is 6.31. The van der Waals surface area contributed by atoms with E-state index in [1.54, 1.807) is 11.1 Å². The largest absolute Gasteiger partial charge is 0.341 e. The molecule has 0 N–H and O–H groups in total. The van der Waals surface area contributed by atoms with Gasteiger partial charge in [0.05, 0.1) is 5.56 Å². The monoisotopic (exact) mass is 395 g/mol. The van der Waals surface area contributed by atoms with E-state index in [0.29, 0.717) is 12.1 Å². The lowest BCUT2D eigenvalue weighted by molar-refractivity contribution is -0.132. The van der Waals surface area contributed by atoms with Crippen LogP contribution in [0.25, 0.3) is 10.9 Å². The van der Waals surface area contributed by atoms with Gasteiger partial charge in [0.25, 0.3) is 11.7 Å². The predicted octanol–water partition coefficient (Wildman–Crippen LogP) is 3.24. The summed E-state index contributed by atoms with van der Waals surface area (Å²) in [6.07, 6.45) is 7.93. The Hall–Kier alpha value is -2.63. The molecule has 2 aliphatic rings. The lowest BCUT2D eigenvalue weighted by Crippen LogP contribution is -2.45. The van der Waals surface area contributed by atoms with Crippen molar-refractivity contribution in [3.05, 3.63) is 36.0 Å². The second kappa shape index (κ2) is 8.39. The van der Waals surface area contributed by atoms with Crippen LogP contribution in [0.2, 0.25) is 0 Å². The number of benzene rings is 1. The van der Waals surface area contributed by atoms with Crippen LogP contribution in [-0.2, 0) is 16.1 Å². The van der Waals surface area contributed by atoms with Gasteiger partial charge in [-0.1, -0.05) is 18.2 Å². The first kappa shape index (κ1) is 19.7. The second-order valence-electron chi connectivity index (χ2n) is 8.30. The lowest BCUT2D eigenvalue weighted by Gasteiger charge is -2.32. The number of ketones is 1. The number of likely N-dealkylation sites (tertiary alicyclic amines) is 2. The highest BCUT2D eigenvalue weighted by Gasteiger charge is 2.31. The number of Topliss-reactive ketones (excluding diaryl/α,β-unsaturated/α-hetero) is 1. The van der Waals surface area contributed by atoms with Crippen molar-refractivity contribution in [3.63, 3.8) is 0 Å². The Balaban J connectivity index is 1.60. The molecule has 1 atom stereocenters. The Bertz CT molecular complexity index is 927. The van der Waals surface area contributed by atoms with Gasteiger partial charge in [-0.25, -0.2) is 0 Å². The number of hydrogen-bond acceptors (Lipinski definition) is 3. The van der Waals surface area contributed by atoms with Crippen LogP contribution in [0.4, 0.5) is 0 Å². The highest BCUT2D eigenvalue weighted by Crippen LogP contribution is 2.24. The first-order chi connectivity index (χ1) is 14.1. The molecule has 2 fully saturated rings. The average Bonchev–Trinajstić information content (AvgIpc) is 3.12. The fourth-order valence-electron chi connectivity index (χ4n) is 4.59. The first-order valence-corrected chi connectivity index (χ1v) is 10.8. The van der Waals surface area contributed by atoms with Gasteiger partial charge in [0.1, 0.15) is 6.54 Å². The number of carbonyl (C=O) groups is 3. The molecule has 3 heterocycles. The fourth-order valence-corrected chi connectivity index (χ4v) is 4.59. The lowest BCUT2D eigenvalue weighted by atomic mass is 10.0. The second-order valence-corrected chi connectivity index (χ2v) is 8.30. The molecule has 2 saturated heterocycles. The summed E-state index contributed by atoms with van der Waals surface area (Å²) in [4.78, 5) is 42.4. The van der Waals surface area contributed by atoms with Crippen molar-refractivity contribution in [2.45, 2.75) is 58.0 Å². The zero-order valence-electron chi connectivity index (χ0n) is 17.1. The number of amides is 2. The van der Waals surface area contributed by atoms with Crippen LogP contribution in [0.3, 0.4) is 0 Å². The van der Waals surface area contributed by atoms with Gasteiger partial charge in [0.2, 0.25) is 5.91 Å². The van der Waals surface area contributed by atoms with Gasteiger partial charge >= 0.3 is 0 Å². The SMILES string of the molecule is CC1CCCCN1C(=O)C(=O)c1cn(CC(=O)N2CCCCC2)c2ccccc12. The normalized spacial score (nSPS) is 20.1. The minimum atomic E-state index is -0.473. The van der Waals surface area contributed by atoms with E-state index in [1.807, 2.05) is 40.7 Å². The Morgan fingerprint density at radius 1 is 0.966 bits per heavy atom. The van der Waals surface area contributed by atoms with Gasteiger partial charge in [-0.15, -0.1) is 0 Å². The van der Waals surface area contributed by atoms with Crippen molar-refractivity contribution < 1.29 is 14.4 Å². The summed E-state index contributed by atoms with van der Waals surface area (Å²) in [7, 11) is 0. The summed E-state index contributed by atoms with van der Waals surface area (Å²) in [6.45, 7) is 4.44. The topological polar surface area (TPSA) is 62.6 Å². The van der Waals surface area contributed by atoms with Crippen LogP contribution in [0, 0.1) is 0 Å². The molecule has 6 heteroatoms. The molecular weight excluding hydrogens is 366 g/mol. The van der Waals surface area contributed by atoms with E-state index < -0.39 is 11.7 Å². The van der Waals surface area contributed by atoms with Crippen LogP contribution in [0.1, 0.15) is 55.8 Å². The van der Waals surface area contributed by atoms with Gasteiger partial charge < -0.3 is 14.4 Å². The summed E-state index contributed by atoms with van der Waals surface area (Å²) in [5, 5.41) is 0.738. The van der Waals surface area contributed by atoms with Crippen LogP contribution in [0.5, 0.6) is 0 Å². The highest BCUT2D eigenvalue weighted by atomic mass is 16.2. The van der Waals surface area contributed by atoms with Crippen LogP contribution >= 0.6 is 0 Å². The van der Waals surface area contributed by atoms with Crippen molar-refractivity contribution in [2.75, 3.05) is 19.6 Å². The van der Waals surface area contributed by atoms with Crippen molar-refractivity contribution in [2.24, 2.45) is 0 Å².